The van der Waals surface area contributed by atoms with Crippen molar-refractivity contribution in [2.45, 2.75) is 50.5 Å². The van der Waals surface area contributed by atoms with Gasteiger partial charge in [0.15, 0.2) is 5.76 Å². The van der Waals surface area contributed by atoms with Gasteiger partial charge in [-0.3, -0.25) is 4.79 Å². The highest BCUT2D eigenvalue weighted by molar-refractivity contribution is 7.89. The highest BCUT2D eigenvalue weighted by atomic mass is 32.2. The third kappa shape index (κ3) is 3.53. The van der Waals surface area contributed by atoms with E-state index >= 15 is 0 Å². The molecule has 1 amide bonds. The number of hydrogen-bond acceptors (Lipinski definition) is 6. The van der Waals surface area contributed by atoms with Gasteiger partial charge in [-0.25, -0.2) is 8.42 Å². The number of carbonyl (C=O) groups excluding carboxylic acids is 1. The third-order valence-electron chi connectivity index (χ3n) is 5.45. The van der Waals surface area contributed by atoms with E-state index in [-0.39, 0.29) is 22.8 Å². The molecule has 156 valence electrons. The van der Waals surface area contributed by atoms with Crippen LogP contribution in [0.15, 0.2) is 33.7 Å². The first-order chi connectivity index (χ1) is 13.8. The molecule has 0 unspecified atom stereocenters. The molecule has 0 spiro atoms. The summed E-state index contributed by atoms with van der Waals surface area (Å²) in [6.45, 7) is 6.72. The van der Waals surface area contributed by atoms with Crippen LogP contribution < -0.4 is 9.64 Å². The van der Waals surface area contributed by atoms with Crippen molar-refractivity contribution in [1.29, 1.82) is 0 Å². The summed E-state index contributed by atoms with van der Waals surface area (Å²) in [4.78, 5) is 13.6. The summed E-state index contributed by atoms with van der Waals surface area (Å²) in [5.74, 6) is 1.09. The maximum absolute atomic E-state index is 13.4. The molecule has 4 rings (SSSR count). The summed E-state index contributed by atoms with van der Waals surface area (Å²) in [6, 6.07) is 6.16. The topological polar surface area (TPSA) is 93.0 Å². The van der Waals surface area contributed by atoms with Crippen LogP contribution in [0, 0.1) is 0 Å². The van der Waals surface area contributed by atoms with Gasteiger partial charge in [-0.1, -0.05) is 19.0 Å². The summed E-state index contributed by atoms with van der Waals surface area (Å²) in [6.07, 6.45) is 1.44. The van der Waals surface area contributed by atoms with E-state index in [4.69, 9.17) is 9.26 Å². The minimum Gasteiger partial charge on any atom is -0.489 e. The zero-order valence-electron chi connectivity index (χ0n) is 16.8. The number of fused-ring (bicyclic) bond motifs is 1. The lowest BCUT2D eigenvalue weighted by Crippen LogP contribution is -2.36. The smallest absolute Gasteiger partial charge is 0.243 e. The van der Waals surface area contributed by atoms with Crippen molar-refractivity contribution in [1.82, 2.24) is 9.46 Å². The molecule has 1 atom stereocenters. The Morgan fingerprint density at radius 1 is 1.24 bits per heavy atom. The number of carbonyl (C=O) groups is 1. The van der Waals surface area contributed by atoms with Gasteiger partial charge in [-0.15, -0.1) is 0 Å². The predicted molar refractivity (Wildman–Crippen MR) is 106 cm³/mol. The average molecular weight is 420 g/mol. The van der Waals surface area contributed by atoms with Crippen molar-refractivity contribution in [2.75, 3.05) is 24.6 Å². The molecule has 2 aliphatic heterocycles. The van der Waals surface area contributed by atoms with E-state index in [1.54, 1.807) is 11.0 Å². The van der Waals surface area contributed by atoms with Crippen LogP contribution >= 0.6 is 0 Å². The number of benzene rings is 1. The summed E-state index contributed by atoms with van der Waals surface area (Å²) in [5.41, 5.74) is 1.41. The quantitative estimate of drug-likeness (QED) is 0.756. The second kappa shape index (κ2) is 7.46. The Hall–Kier alpha value is -2.39. The maximum atomic E-state index is 13.4. The fourth-order valence-corrected chi connectivity index (χ4v) is 5.55. The number of anilines is 1. The van der Waals surface area contributed by atoms with Gasteiger partial charge in [0.05, 0.1) is 28.9 Å². The van der Waals surface area contributed by atoms with Crippen LogP contribution in [0.3, 0.4) is 0 Å². The fraction of sp³-hybridized carbons (Fsp3) is 0.500. The molecule has 1 aromatic heterocycles. The molecular formula is C20H25N3O5S. The van der Waals surface area contributed by atoms with Crippen LogP contribution in [0.5, 0.6) is 5.75 Å². The van der Waals surface area contributed by atoms with Crippen molar-refractivity contribution >= 4 is 21.6 Å². The molecule has 2 aromatic rings. The van der Waals surface area contributed by atoms with Crippen LogP contribution in [0.1, 0.15) is 57.0 Å². The number of hydrogen-bond donors (Lipinski definition) is 0. The van der Waals surface area contributed by atoms with Gasteiger partial charge < -0.3 is 14.2 Å². The normalized spacial score (nSPS) is 20.0. The number of nitrogens with zero attached hydrogens (tertiary/aromatic N) is 3. The van der Waals surface area contributed by atoms with Crippen LogP contribution in [-0.4, -0.2) is 43.5 Å². The molecule has 0 radical (unpaired) electrons. The van der Waals surface area contributed by atoms with Gasteiger partial charge in [0.25, 0.3) is 0 Å². The first kappa shape index (κ1) is 19.9. The molecule has 0 saturated carbocycles. The summed E-state index contributed by atoms with van der Waals surface area (Å²) in [7, 11) is -3.76. The van der Waals surface area contributed by atoms with E-state index in [1.807, 2.05) is 19.9 Å². The minimum absolute atomic E-state index is 0.101. The molecule has 0 N–H and O–H groups in total. The van der Waals surface area contributed by atoms with E-state index in [0.717, 1.165) is 12.1 Å². The highest BCUT2D eigenvalue weighted by Crippen LogP contribution is 2.40. The largest absolute Gasteiger partial charge is 0.489 e. The monoisotopic (exact) mass is 419 g/mol. The Morgan fingerprint density at radius 3 is 2.72 bits per heavy atom. The second-order valence-corrected chi connectivity index (χ2v) is 9.62. The van der Waals surface area contributed by atoms with Crippen molar-refractivity contribution in [3.8, 4) is 5.75 Å². The molecule has 2 aliphatic rings. The predicted octanol–water partition coefficient (Wildman–Crippen LogP) is 3.07. The summed E-state index contributed by atoms with van der Waals surface area (Å²) in [5, 5.41) is 4.08. The lowest BCUT2D eigenvalue weighted by molar-refractivity contribution is -0.116. The Balaban J connectivity index is 1.66. The fourth-order valence-electron chi connectivity index (χ4n) is 3.87. The van der Waals surface area contributed by atoms with Gasteiger partial charge in [0, 0.05) is 25.6 Å². The minimum atomic E-state index is -3.76. The Morgan fingerprint density at radius 2 is 2.03 bits per heavy atom. The highest BCUT2D eigenvalue weighted by Gasteiger charge is 2.39. The van der Waals surface area contributed by atoms with Crippen molar-refractivity contribution in [3.63, 3.8) is 0 Å². The van der Waals surface area contributed by atoms with Gasteiger partial charge in [0.1, 0.15) is 12.4 Å². The van der Waals surface area contributed by atoms with Crippen LogP contribution in [0.2, 0.25) is 0 Å². The second-order valence-electron chi connectivity index (χ2n) is 7.73. The van der Waals surface area contributed by atoms with Crippen LogP contribution in [-0.2, 0) is 14.8 Å². The lowest BCUT2D eigenvalue weighted by Gasteiger charge is -2.29. The van der Waals surface area contributed by atoms with Crippen LogP contribution in [0.25, 0.3) is 0 Å². The number of ether oxygens (including phenoxy) is 1. The van der Waals surface area contributed by atoms with Gasteiger partial charge in [-0.05, 0) is 30.9 Å². The zero-order chi connectivity index (χ0) is 20.8. The molecule has 8 nitrogen and oxygen atoms in total. The summed E-state index contributed by atoms with van der Waals surface area (Å²) >= 11 is 0. The van der Waals surface area contributed by atoms with Crippen LogP contribution in [0.4, 0.5) is 5.69 Å². The third-order valence-corrected chi connectivity index (χ3v) is 7.36. The maximum Gasteiger partial charge on any atom is 0.243 e. The Bertz CT molecular complexity index is 1030. The SMILES string of the molecule is CC(=O)N1CCOc2cc(S(=O)(=O)N3CCC[C@H]3c3cc(C(C)C)no3)ccc21. The molecule has 9 heteroatoms. The molecule has 1 aromatic carbocycles. The average Bonchev–Trinajstić information content (AvgIpc) is 3.36. The Labute approximate surface area is 170 Å². The molecule has 3 heterocycles. The van der Waals surface area contributed by atoms with Crippen molar-refractivity contribution in [3.05, 3.63) is 35.7 Å². The standard InChI is InChI=1S/C20H25N3O5S/c1-13(2)16-12-20(28-21-16)18-5-4-8-23(18)29(25,26)15-6-7-17-19(11-15)27-10-9-22(17)14(3)24/h6-7,11-13,18H,4-5,8-10H2,1-3H3/t18-/m0/s1. The number of rotatable bonds is 4. The lowest BCUT2D eigenvalue weighted by atomic mass is 10.1. The number of aromatic nitrogens is 1. The number of amides is 1. The molecule has 0 bridgehead atoms. The first-order valence-corrected chi connectivity index (χ1v) is 11.3. The van der Waals surface area contributed by atoms with Gasteiger partial charge in [0.2, 0.25) is 15.9 Å². The molecular weight excluding hydrogens is 394 g/mol. The van der Waals surface area contributed by atoms with E-state index in [0.29, 0.717) is 43.3 Å². The van der Waals surface area contributed by atoms with E-state index in [2.05, 4.69) is 5.16 Å². The Kier molecular flexibility index (Phi) is 5.12. The first-order valence-electron chi connectivity index (χ1n) is 9.82. The van der Waals surface area contributed by atoms with Crippen molar-refractivity contribution < 1.29 is 22.5 Å². The van der Waals surface area contributed by atoms with Gasteiger partial charge in [-0.2, -0.15) is 4.31 Å². The molecule has 1 fully saturated rings. The van der Waals surface area contributed by atoms with Crippen molar-refractivity contribution in [2.24, 2.45) is 0 Å². The zero-order valence-corrected chi connectivity index (χ0v) is 17.6. The van der Waals surface area contributed by atoms with Gasteiger partial charge >= 0.3 is 0 Å². The van der Waals surface area contributed by atoms with E-state index in [1.165, 1.54) is 23.4 Å². The molecule has 1 saturated heterocycles. The molecule has 0 aliphatic carbocycles. The summed E-state index contributed by atoms with van der Waals surface area (Å²) < 4.78 is 39.4. The van der Waals surface area contributed by atoms with E-state index < -0.39 is 10.0 Å². The van der Waals surface area contributed by atoms with E-state index in [9.17, 15) is 13.2 Å². The molecule has 29 heavy (non-hydrogen) atoms. The number of sulfonamides is 1.